The zero-order valence-electron chi connectivity index (χ0n) is 12.9. The minimum absolute atomic E-state index is 0. The minimum atomic E-state index is 0. The highest BCUT2D eigenvalue weighted by Crippen LogP contribution is 2.33. The lowest BCUT2D eigenvalue weighted by molar-refractivity contribution is 0.145. The number of hydrogen-bond donors (Lipinski definition) is 1. The third-order valence-corrected chi connectivity index (χ3v) is 4.30. The highest BCUT2D eigenvalue weighted by Gasteiger charge is 2.32. The summed E-state index contributed by atoms with van der Waals surface area (Å²) < 4.78 is 5.08. The molecule has 1 atom stereocenters. The molecule has 1 saturated heterocycles. The van der Waals surface area contributed by atoms with Crippen LogP contribution in [-0.4, -0.2) is 28.1 Å². The van der Waals surface area contributed by atoms with Gasteiger partial charge in [0.25, 0.3) is 0 Å². The number of nitrogens with zero attached hydrogens (tertiary/aromatic N) is 3. The number of likely N-dealkylation sites (tertiary alicyclic amines) is 1. The summed E-state index contributed by atoms with van der Waals surface area (Å²) in [5.41, 5.74) is 7.11. The smallest absolute Gasteiger partial charge is 0.240 e. The van der Waals surface area contributed by atoms with Crippen LogP contribution >= 0.6 is 12.4 Å². The van der Waals surface area contributed by atoms with E-state index in [4.69, 9.17) is 10.3 Å². The van der Waals surface area contributed by atoms with Gasteiger partial charge in [-0.1, -0.05) is 42.4 Å². The van der Waals surface area contributed by atoms with Crippen LogP contribution < -0.4 is 5.73 Å². The predicted octanol–water partition coefficient (Wildman–Crippen LogP) is 2.50. The lowest BCUT2D eigenvalue weighted by Crippen LogP contribution is -2.44. The van der Waals surface area contributed by atoms with Gasteiger partial charge in [-0.25, -0.2) is 0 Å². The molecule has 5 nitrogen and oxygen atoms in total. The fraction of sp³-hybridized carbons (Fsp3) is 0.500. The summed E-state index contributed by atoms with van der Waals surface area (Å²) in [5, 5.41) is 3.99. The summed E-state index contributed by atoms with van der Waals surface area (Å²) in [4.78, 5) is 6.70. The largest absolute Gasteiger partial charge is 0.338 e. The van der Waals surface area contributed by atoms with Crippen molar-refractivity contribution in [3.63, 3.8) is 0 Å². The van der Waals surface area contributed by atoms with Crippen molar-refractivity contribution < 1.29 is 4.52 Å². The second kappa shape index (κ2) is 7.22. The first kappa shape index (κ1) is 16.9. The number of halogens is 1. The van der Waals surface area contributed by atoms with Gasteiger partial charge in [0.1, 0.15) is 0 Å². The van der Waals surface area contributed by atoms with Gasteiger partial charge in [-0.05, 0) is 24.9 Å². The Kier molecular flexibility index (Phi) is 5.56. The number of rotatable bonds is 4. The van der Waals surface area contributed by atoms with Crippen molar-refractivity contribution in [1.82, 2.24) is 15.0 Å². The molecule has 0 saturated carbocycles. The molecule has 2 heterocycles. The quantitative estimate of drug-likeness (QED) is 0.936. The number of nitrogens with two attached hydrogens (primary N) is 1. The van der Waals surface area contributed by atoms with Gasteiger partial charge in [0.2, 0.25) is 5.89 Å². The molecular weight excluding hydrogens is 300 g/mol. The predicted molar refractivity (Wildman–Crippen MR) is 87.7 cm³/mol. The van der Waals surface area contributed by atoms with Crippen molar-refractivity contribution in [2.24, 2.45) is 5.73 Å². The Morgan fingerprint density at radius 1 is 1.32 bits per heavy atom. The molecule has 0 spiro atoms. The first-order chi connectivity index (χ1) is 10.2. The van der Waals surface area contributed by atoms with Gasteiger partial charge in [0.05, 0.1) is 13.1 Å². The first-order valence-corrected chi connectivity index (χ1v) is 7.49. The molecule has 1 aliphatic rings. The van der Waals surface area contributed by atoms with Gasteiger partial charge < -0.3 is 10.3 Å². The van der Waals surface area contributed by atoms with Crippen LogP contribution in [0.3, 0.4) is 0 Å². The standard InChI is InChI=1S/C16H22N4O.ClH/c1-16(13-6-3-2-4-7-13)8-5-9-20(12-16)11-14-18-15(10-17)21-19-14;/h2-4,6-7H,5,8-12,17H2,1H3;1H. The van der Waals surface area contributed by atoms with Gasteiger partial charge in [-0.2, -0.15) is 4.98 Å². The van der Waals surface area contributed by atoms with Crippen molar-refractivity contribution in [3.05, 3.63) is 47.6 Å². The summed E-state index contributed by atoms with van der Waals surface area (Å²) in [6.45, 7) is 5.47. The van der Waals surface area contributed by atoms with E-state index in [-0.39, 0.29) is 17.8 Å². The number of hydrogen-bond acceptors (Lipinski definition) is 5. The first-order valence-electron chi connectivity index (χ1n) is 7.49. The maximum absolute atomic E-state index is 5.51. The normalized spacial score (nSPS) is 22.3. The summed E-state index contributed by atoms with van der Waals surface area (Å²) in [6, 6.07) is 10.8. The Morgan fingerprint density at radius 2 is 2.09 bits per heavy atom. The Balaban J connectivity index is 0.00000176. The van der Waals surface area contributed by atoms with Crippen LogP contribution in [0.2, 0.25) is 0 Å². The third-order valence-electron chi connectivity index (χ3n) is 4.30. The fourth-order valence-electron chi connectivity index (χ4n) is 3.19. The summed E-state index contributed by atoms with van der Waals surface area (Å²) in [5.74, 6) is 1.24. The molecule has 1 aliphatic heterocycles. The van der Waals surface area contributed by atoms with Gasteiger partial charge >= 0.3 is 0 Å². The maximum atomic E-state index is 5.51. The van der Waals surface area contributed by atoms with E-state index in [2.05, 4.69) is 52.3 Å². The van der Waals surface area contributed by atoms with Gasteiger partial charge in [-0.15, -0.1) is 12.4 Å². The van der Waals surface area contributed by atoms with E-state index in [9.17, 15) is 0 Å². The maximum Gasteiger partial charge on any atom is 0.240 e. The molecule has 0 bridgehead atoms. The molecule has 6 heteroatoms. The lowest BCUT2D eigenvalue weighted by atomic mass is 9.76. The van der Waals surface area contributed by atoms with Crippen LogP contribution in [0, 0.1) is 0 Å². The monoisotopic (exact) mass is 322 g/mol. The van der Waals surface area contributed by atoms with Gasteiger partial charge in [0.15, 0.2) is 5.82 Å². The molecular formula is C16H23ClN4O. The zero-order chi connectivity index (χ0) is 14.7. The Hall–Kier alpha value is -1.43. The summed E-state index contributed by atoms with van der Waals surface area (Å²) in [7, 11) is 0. The van der Waals surface area contributed by atoms with Crippen LogP contribution in [0.5, 0.6) is 0 Å². The average Bonchev–Trinajstić information content (AvgIpc) is 2.96. The van der Waals surface area contributed by atoms with Crippen LogP contribution in [-0.2, 0) is 18.5 Å². The molecule has 2 N–H and O–H groups in total. The molecule has 1 fully saturated rings. The Labute approximate surface area is 137 Å². The molecule has 1 unspecified atom stereocenters. The Bertz CT molecular complexity index is 589. The number of piperidine rings is 1. The topological polar surface area (TPSA) is 68.2 Å². The van der Waals surface area contributed by atoms with Crippen molar-refractivity contribution in [1.29, 1.82) is 0 Å². The molecule has 120 valence electrons. The van der Waals surface area contributed by atoms with Crippen molar-refractivity contribution in [3.8, 4) is 0 Å². The zero-order valence-corrected chi connectivity index (χ0v) is 13.7. The molecule has 3 rings (SSSR count). The van der Waals surface area contributed by atoms with Crippen molar-refractivity contribution in [2.75, 3.05) is 13.1 Å². The van der Waals surface area contributed by atoms with E-state index in [0.717, 1.165) is 25.5 Å². The number of benzene rings is 1. The van der Waals surface area contributed by atoms with Crippen molar-refractivity contribution in [2.45, 2.75) is 38.3 Å². The summed E-state index contributed by atoms with van der Waals surface area (Å²) in [6.07, 6.45) is 2.40. The molecule has 22 heavy (non-hydrogen) atoms. The Morgan fingerprint density at radius 3 is 2.77 bits per heavy atom. The van der Waals surface area contributed by atoms with E-state index in [0.29, 0.717) is 12.4 Å². The van der Waals surface area contributed by atoms with Gasteiger partial charge in [-0.3, -0.25) is 4.90 Å². The fourth-order valence-corrected chi connectivity index (χ4v) is 3.19. The van der Waals surface area contributed by atoms with Crippen molar-refractivity contribution >= 4 is 12.4 Å². The number of aromatic nitrogens is 2. The molecule has 0 amide bonds. The second-order valence-corrected chi connectivity index (χ2v) is 6.05. The van der Waals surface area contributed by atoms with Gasteiger partial charge in [0, 0.05) is 12.0 Å². The van der Waals surface area contributed by atoms with E-state index < -0.39 is 0 Å². The van der Waals surface area contributed by atoms with E-state index >= 15 is 0 Å². The van der Waals surface area contributed by atoms with Crippen LogP contribution in [0.15, 0.2) is 34.9 Å². The molecule has 1 aromatic carbocycles. The molecule has 0 radical (unpaired) electrons. The van der Waals surface area contributed by atoms with Crippen LogP contribution in [0.4, 0.5) is 0 Å². The highest BCUT2D eigenvalue weighted by molar-refractivity contribution is 5.85. The average molecular weight is 323 g/mol. The molecule has 1 aromatic heterocycles. The van der Waals surface area contributed by atoms with E-state index in [1.807, 2.05) is 0 Å². The lowest BCUT2D eigenvalue weighted by Gasteiger charge is -2.40. The minimum Gasteiger partial charge on any atom is -0.338 e. The summed E-state index contributed by atoms with van der Waals surface area (Å²) >= 11 is 0. The molecule has 2 aromatic rings. The molecule has 0 aliphatic carbocycles. The van der Waals surface area contributed by atoms with Crippen LogP contribution in [0.25, 0.3) is 0 Å². The SMILES string of the molecule is CC1(c2ccccc2)CCCN(Cc2noc(CN)n2)C1.Cl. The highest BCUT2D eigenvalue weighted by atomic mass is 35.5. The second-order valence-electron chi connectivity index (χ2n) is 6.05. The van der Waals surface area contributed by atoms with Crippen LogP contribution in [0.1, 0.15) is 37.0 Å². The van der Waals surface area contributed by atoms with E-state index in [1.54, 1.807) is 0 Å². The van der Waals surface area contributed by atoms with E-state index in [1.165, 1.54) is 18.4 Å². The third kappa shape index (κ3) is 3.66.